The van der Waals surface area contributed by atoms with Gasteiger partial charge in [-0.2, -0.15) is 0 Å². The van der Waals surface area contributed by atoms with Crippen molar-refractivity contribution < 1.29 is 8.83 Å². The summed E-state index contributed by atoms with van der Waals surface area (Å²) in [5.74, 6) is 0. The normalized spacial score (nSPS) is 11.2. The standard InChI is InChI=1S/C12H4Cl2O4/c13-8-7-10(18-12(16)9(8)14)5-3-1-2-4-6(5)17-11(7)15/h1-4H. The summed E-state index contributed by atoms with van der Waals surface area (Å²) in [6.07, 6.45) is 0. The van der Waals surface area contributed by atoms with Gasteiger partial charge in [0, 0.05) is 0 Å². The van der Waals surface area contributed by atoms with Crippen molar-refractivity contribution in [1.29, 1.82) is 0 Å². The number of para-hydroxylation sites is 1. The van der Waals surface area contributed by atoms with E-state index in [1.165, 1.54) is 0 Å². The van der Waals surface area contributed by atoms with Crippen LogP contribution in [0.15, 0.2) is 42.7 Å². The fourth-order valence-corrected chi connectivity index (χ4v) is 2.13. The number of rotatable bonds is 0. The number of halogens is 2. The summed E-state index contributed by atoms with van der Waals surface area (Å²) in [6, 6.07) is 6.68. The second-order valence-corrected chi connectivity index (χ2v) is 4.36. The minimum Gasteiger partial charge on any atom is -0.422 e. The van der Waals surface area contributed by atoms with Crippen LogP contribution in [-0.4, -0.2) is 0 Å². The first-order chi connectivity index (χ1) is 8.59. The lowest BCUT2D eigenvalue weighted by molar-refractivity contribution is 0.543. The van der Waals surface area contributed by atoms with Crippen LogP contribution < -0.4 is 11.3 Å². The van der Waals surface area contributed by atoms with Gasteiger partial charge in [0.2, 0.25) is 0 Å². The van der Waals surface area contributed by atoms with Gasteiger partial charge in [-0.15, -0.1) is 0 Å². The Balaban J connectivity index is 2.75. The highest BCUT2D eigenvalue weighted by molar-refractivity contribution is 6.45. The molecule has 0 saturated carbocycles. The number of benzene rings is 1. The molecule has 0 aliphatic heterocycles. The van der Waals surface area contributed by atoms with E-state index in [9.17, 15) is 9.59 Å². The third-order valence-electron chi connectivity index (χ3n) is 2.55. The average molecular weight is 283 g/mol. The lowest BCUT2D eigenvalue weighted by Gasteiger charge is -2.02. The van der Waals surface area contributed by atoms with Crippen molar-refractivity contribution in [2.75, 3.05) is 0 Å². The van der Waals surface area contributed by atoms with Gasteiger partial charge in [0.05, 0.1) is 10.4 Å². The van der Waals surface area contributed by atoms with Gasteiger partial charge in [-0.05, 0) is 12.1 Å². The minimum atomic E-state index is -0.787. The lowest BCUT2D eigenvalue weighted by Crippen LogP contribution is -2.07. The summed E-state index contributed by atoms with van der Waals surface area (Å²) in [5.41, 5.74) is -1.08. The van der Waals surface area contributed by atoms with Gasteiger partial charge < -0.3 is 8.83 Å². The van der Waals surface area contributed by atoms with Gasteiger partial charge in [-0.1, -0.05) is 35.3 Å². The monoisotopic (exact) mass is 282 g/mol. The second-order valence-electron chi connectivity index (χ2n) is 3.61. The predicted octanol–water partition coefficient (Wildman–Crippen LogP) is 3.21. The summed E-state index contributed by atoms with van der Waals surface area (Å²) in [7, 11) is 0. The van der Waals surface area contributed by atoms with Crippen LogP contribution in [0.25, 0.3) is 21.9 Å². The molecular formula is C12H4Cl2O4. The molecule has 0 spiro atoms. The third kappa shape index (κ3) is 1.46. The molecule has 0 unspecified atom stereocenters. The fraction of sp³-hybridized carbons (Fsp3) is 0. The van der Waals surface area contributed by atoms with Crippen LogP contribution in [0, 0.1) is 0 Å². The fourth-order valence-electron chi connectivity index (χ4n) is 1.75. The van der Waals surface area contributed by atoms with Crippen molar-refractivity contribution in [3.63, 3.8) is 0 Å². The topological polar surface area (TPSA) is 60.4 Å². The zero-order valence-electron chi connectivity index (χ0n) is 8.70. The Bertz CT molecular complexity index is 892. The van der Waals surface area contributed by atoms with Crippen molar-refractivity contribution in [2.45, 2.75) is 0 Å². The van der Waals surface area contributed by atoms with E-state index in [2.05, 4.69) is 0 Å². The smallest absolute Gasteiger partial charge is 0.356 e. The highest BCUT2D eigenvalue weighted by Gasteiger charge is 2.17. The largest absolute Gasteiger partial charge is 0.422 e. The molecule has 0 radical (unpaired) electrons. The maximum Gasteiger partial charge on any atom is 0.356 e. The number of hydrogen-bond donors (Lipinski definition) is 0. The first-order valence-electron chi connectivity index (χ1n) is 4.93. The van der Waals surface area contributed by atoms with E-state index < -0.39 is 11.3 Å². The Morgan fingerprint density at radius 3 is 2.39 bits per heavy atom. The average Bonchev–Trinajstić information content (AvgIpc) is 2.35. The lowest BCUT2D eigenvalue weighted by atomic mass is 10.2. The molecule has 2 aromatic heterocycles. The van der Waals surface area contributed by atoms with E-state index in [-0.39, 0.29) is 21.0 Å². The summed E-state index contributed by atoms with van der Waals surface area (Å²) in [4.78, 5) is 23.3. The van der Waals surface area contributed by atoms with Crippen LogP contribution in [0.2, 0.25) is 10.0 Å². The molecule has 90 valence electrons. The van der Waals surface area contributed by atoms with Crippen LogP contribution in [0.5, 0.6) is 0 Å². The molecule has 4 nitrogen and oxygen atoms in total. The van der Waals surface area contributed by atoms with Crippen LogP contribution in [0.3, 0.4) is 0 Å². The molecule has 3 rings (SSSR count). The summed E-state index contributed by atoms with van der Waals surface area (Å²) >= 11 is 11.5. The van der Waals surface area contributed by atoms with Gasteiger partial charge in [0.1, 0.15) is 16.0 Å². The summed E-state index contributed by atoms with van der Waals surface area (Å²) < 4.78 is 10.1. The van der Waals surface area contributed by atoms with Crippen molar-refractivity contribution in [1.82, 2.24) is 0 Å². The van der Waals surface area contributed by atoms with Crippen molar-refractivity contribution >= 4 is 45.1 Å². The zero-order valence-corrected chi connectivity index (χ0v) is 10.2. The van der Waals surface area contributed by atoms with Crippen LogP contribution in [0.1, 0.15) is 0 Å². The molecule has 0 N–H and O–H groups in total. The molecular weight excluding hydrogens is 279 g/mol. The SMILES string of the molecule is O=c1oc2c(c(Cl)c1Cl)c(=O)oc1ccccc12. The number of fused-ring (bicyclic) bond motifs is 3. The van der Waals surface area contributed by atoms with Crippen LogP contribution in [-0.2, 0) is 0 Å². The highest BCUT2D eigenvalue weighted by atomic mass is 35.5. The Morgan fingerprint density at radius 1 is 0.889 bits per heavy atom. The van der Waals surface area contributed by atoms with E-state index in [1.807, 2.05) is 0 Å². The van der Waals surface area contributed by atoms with E-state index in [0.29, 0.717) is 11.0 Å². The van der Waals surface area contributed by atoms with Gasteiger partial charge in [0.25, 0.3) is 0 Å². The quantitative estimate of drug-likeness (QED) is 0.469. The Labute approximate surface area is 109 Å². The molecule has 0 fully saturated rings. The molecule has 18 heavy (non-hydrogen) atoms. The number of hydrogen-bond acceptors (Lipinski definition) is 4. The molecule has 0 atom stereocenters. The third-order valence-corrected chi connectivity index (χ3v) is 3.37. The molecule has 3 aromatic rings. The molecule has 1 aromatic carbocycles. The van der Waals surface area contributed by atoms with Gasteiger partial charge >= 0.3 is 11.3 Å². The van der Waals surface area contributed by atoms with E-state index >= 15 is 0 Å². The van der Waals surface area contributed by atoms with E-state index in [0.717, 1.165) is 0 Å². The Hall–Kier alpha value is -1.78. The van der Waals surface area contributed by atoms with Crippen molar-refractivity contribution in [3.8, 4) is 0 Å². The van der Waals surface area contributed by atoms with Gasteiger partial charge in [-0.25, -0.2) is 9.59 Å². The molecule has 0 aliphatic rings. The molecule has 0 bridgehead atoms. The molecule has 2 heterocycles. The first kappa shape index (κ1) is 11.3. The molecule has 0 aliphatic carbocycles. The molecule has 0 amide bonds. The molecule has 0 saturated heterocycles. The summed E-state index contributed by atoms with van der Waals surface area (Å²) in [5, 5.41) is -0.0168. The van der Waals surface area contributed by atoms with E-state index in [4.69, 9.17) is 32.0 Å². The summed E-state index contributed by atoms with van der Waals surface area (Å²) in [6.45, 7) is 0. The van der Waals surface area contributed by atoms with Crippen molar-refractivity contribution in [3.05, 3.63) is 55.2 Å². The Kier molecular flexibility index (Phi) is 2.43. The van der Waals surface area contributed by atoms with Gasteiger partial charge in [0.15, 0.2) is 5.58 Å². The van der Waals surface area contributed by atoms with Crippen LogP contribution in [0.4, 0.5) is 0 Å². The van der Waals surface area contributed by atoms with Crippen molar-refractivity contribution in [2.24, 2.45) is 0 Å². The predicted molar refractivity (Wildman–Crippen MR) is 68.5 cm³/mol. The Morgan fingerprint density at radius 2 is 1.61 bits per heavy atom. The molecule has 6 heteroatoms. The van der Waals surface area contributed by atoms with Crippen LogP contribution >= 0.6 is 23.2 Å². The maximum atomic E-state index is 11.8. The van der Waals surface area contributed by atoms with E-state index in [1.54, 1.807) is 24.3 Å². The first-order valence-corrected chi connectivity index (χ1v) is 5.69. The zero-order chi connectivity index (χ0) is 12.9. The highest BCUT2D eigenvalue weighted by Crippen LogP contribution is 2.29. The maximum absolute atomic E-state index is 11.8. The second kappa shape index (κ2) is 3.86. The minimum absolute atomic E-state index is 0.0278. The van der Waals surface area contributed by atoms with Gasteiger partial charge in [-0.3, -0.25) is 0 Å².